The van der Waals surface area contributed by atoms with E-state index in [0.717, 1.165) is 12.1 Å². The fourth-order valence-corrected chi connectivity index (χ4v) is 1.49. The summed E-state index contributed by atoms with van der Waals surface area (Å²) in [6.45, 7) is 4.65. The van der Waals surface area contributed by atoms with E-state index in [1.165, 1.54) is 4.68 Å². The second-order valence-electron chi connectivity index (χ2n) is 4.68. The van der Waals surface area contributed by atoms with E-state index in [1.807, 2.05) is 19.0 Å². The van der Waals surface area contributed by atoms with Crippen LogP contribution in [-0.4, -0.2) is 29.9 Å². The highest BCUT2D eigenvalue weighted by Crippen LogP contribution is 2.07. The molecule has 1 rings (SSSR count). The molecule has 5 heteroatoms. The maximum absolute atomic E-state index is 11.8. The molecule has 2 unspecified atom stereocenters. The van der Waals surface area contributed by atoms with E-state index in [1.54, 1.807) is 12.3 Å². The number of nitrogens with two attached hydrogens (primary N) is 1. The highest BCUT2D eigenvalue weighted by molar-refractivity contribution is 5.40. The van der Waals surface area contributed by atoms with Crippen molar-refractivity contribution in [1.29, 1.82) is 0 Å². The predicted molar refractivity (Wildman–Crippen MR) is 70.3 cm³/mol. The average molecular weight is 238 g/mol. The summed E-state index contributed by atoms with van der Waals surface area (Å²) in [5.74, 6) is 0.386. The van der Waals surface area contributed by atoms with Crippen LogP contribution in [0.5, 0.6) is 0 Å². The summed E-state index contributed by atoms with van der Waals surface area (Å²) >= 11 is 0. The lowest BCUT2D eigenvalue weighted by molar-refractivity contribution is 0.373. The zero-order valence-electron chi connectivity index (χ0n) is 11.1. The summed E-state index contributed by atoms with van der Waals surface area (Å²) in [6.07, 6.45) is 2.69. The molecule has 2 atom stereocenters. The van der Waals surface area contributed by atoms with E-state index < -0.39 is 0 Å². The van der Waals surface area contributed by atoms with Crippen molar-refractivity contribution in [3.8, 4) is 0 Å². The number of aromatic nitrogens is 2. The van der Waals surface area contributed by atoms with Crippen LogP contribution in [-0.2, 0) is 6.54 Å². The van der Waals surface area contributed by atoms with Crippen LogP contribution in [0.4, 0.5) is 5.69 Å². The first-order chi connectivity index (χ1) is 7.95. The lowest BCUT2D eigenvalue weighted by atomic mass is 10.0. The largest absolute Gasteiger partial charge is 0.376 e. The zero-order chi connectivity index (χ0) is 13.0. The molecule has 0 aliphatic carbocycles. The van der Waals surface area contributed by atoms with Crippen molar-refractivity contribution < 1.29 is 0 Å². The van der Waals surface area contributed by atoms with Gasteiger partial charge in [0.2, 0.25) is 0 Å². The van der Waals surface area contributed by atoms with Crippen LogP contribution >= 0.6 is 0 Å². The Bertz CT molecular complexity index is 413. The van der Waals surface area contributed by atoms with E-state index in [0.29, 0.717) is 12.5 Å². The highest BCUT2D eigenvalue weighted by Gasteiger charge is 2.12. The van der Waals surface area contributed by atoms with Crippen LogP contribution in [0.3, 0.4) is 0 Å². The van der Waals surface area contributed by atoms with Gasteiger partial charge in [-0.2, -0.15) is 5.10 Å². The van der Waals surface area contributed by atoms with E-state index >= 15 is 0 Å². The second-order valence-corrected chi connectivity index (χ2v) is 4.68. The molecule has 1 heterocycles. The van der Waals surface area contributed by atoms with Gasteiger partial charge >= 0.3 is 0 Å². The molecule has 0 aliphatic rings. The highest BCUT2D eigenvalue weighted by atomic mass is 16.1. The Kier molecular flexibility index (Phi) is 4.69. The topological polar surface area (TPSA) is 64.2 Å². The Morgan fingerprint density at radius 1 is 1.53 bits per heavy atom. The second kappa shape index (κ2) is 5.82. The summed E-state index contributed by atoms with van der Waals surface area (Å²) in [6, 6.07) is 1.55. The Labute approximate surface area is 102 Å². The third-order valence-electron chi connectivity index (χ3n) is 3.13. The van der Waals surface area contributed by atoms with Crippen molar-refractivity contribution in [1.82, 2.24) is 9.78 Å². The molecule has 5 nitrogen and oxygen atoms in total. The maximum atomic E-state index is 11.8. The minimum atomic E-state index is -0.102. The van der Waals surface area contributed by atoms with Gasteiger partial charge in [-0.15, -0.1) is 0 Å². The number of hydrogen-bond acceptors (Lipinski definition) is 4. The van der Waals surface area contributed by atoms with E-state index in [4.69, 9.17) is 5.73 Å². The Morgan fingerprint density at radius 2 is 2.18 bits per heavy atom. The van der Waals surface area contributed by atoms with Gasteiger partial charge in [0.15, 0.2) is 0 Å². The fraction of sp³-hybridized carbons (Fsp3) is 0.667. The molecule has 1 aromatic rings. The molecule has 0 aromatic carbocycles. The first-order valence-corrected chi connectivity index (χ1v) is 5.95. The Hall–Kier alpha value is -1.36. The smallest absolute Gasteiger partial charge is 0.268 e. The number of nitrogens with zero attached hydrogens (tertiary/aromatic N) is 3. The van der Waals surface area contributed by atoms with Crippen molar-refractivity contribution in [2.75, 3.05) is 19.0 Å². The number of anilines is 1. The molecule has 0 saturated heterocycles. The molecule has 2 N–H and O–H groups in total. The van der Waals surface area contributed by atoms with Crippen LogP contribution in [0.25, 0.3) is 0 Å². The molecular formula is C12H22N4O. The van der Waals surface area contributed by atoms with Crippen LogP contribution in [0, 0.1) is 5.92 Å². The zero-order valence-corrected chi connectivity index (χ0v) is 11.1. The van der Waals surface area contributed by atoms with Crippen molar-refractivity contribution >= 4 is 5.69 Å². The minimum absolute atomic E-state index is 0.0320. The molecule has 0 bridgehead atoms. The van der Waals surface area contributed by atoms with Gasteiger partial charge in [0.1, 0.15) is 0 Å². The van der Waals surface area contributed by atoms with Gasteiger partial charge in [-0.25, -0.2) is 4.68 Å². The molecule has 1 aromatic heterocycles. The van der Waals surface area contributed by atoms with E-state index in [9.17, 15) is 4.79 Å². The molecule has 0 radical (unpaired) electrons. The maximum Gasteiger partial charge on any atom is 0.268 e. The molecule has 96 valence electrons. The quantitative estimate of drug-likeness (QED) is 0.819. The molecule has 0 fully saturated rings. The van der Waals surface area contributed by atoms with Crippen molar-refractivity contribution in [2.45, 2.75) is 32.9 Å². The third kappa shape index (κ3) is 3.56. The standard InChI is InChI=1S/C12H22N4O/c1-5-9(2)11(13)8-16-12(17)6-10(7-14-16)15(3)4/h6-7,9,11H,5,8,13H2,1-4H3. The van der Waals surface area contributed by atoms with Crippen LogP contribution < -0.4 is 16.2 Å². The number of hydrogen-bond donors (Lipinski definition) is 1. The average Bonchev–Trinajstić information content (AvgIpc) is 2.30. The molecular weight excluding hydrogens is 216 g/mol. The summed E-state index contributed by atoms with van der Waals surface area (Å²) in [5.41, 5.74) is 6.72. The van der Waals surface area contributed by atoms with Crippen LogP contribution in [0.15, 0.2) is 17.1 Å². The summed E-state index contributed by atoms with van der Waals surface area (Å²) < 4.78 is 1.43. The van der Waals surface area contributed by atoms with Crippen molar-refractivity contribution in [3.05, 3.63) is 22.6 Å². The van der Waals surface area contributed by atoms with Crippen LogP contribution in [0.1, 0.15) is 20.3 Å². The van der Waals surface area contributed by atoms with Gasteiger partial charge in [-0.05, 0) is 5.92 Å². The monoisotopic (exact) mass is 238 g/mol. The summed E-state index contributed by atoms with van der Waals surface area (Å²) in [7, 11) is 3.76. The minimum Gasteiger partial charge on any atom is -0.376 e. The van der Waals surface area contributed by atoms with Gasteiger partial charge in [0.05, 0.1) is 18.4 Å². The molecule has 17 heavy (non-hydrogen) atoms. The molecule has 0 amide bonds. The third-order valence-corrected chi connectivity index (χ3v) is 3.13. The number of rotatable bonds is 5. The lowest BCUT2D eigenvalue weighted by Gasteiger charge is -2.19. The summed E-state index contributed by atoms with van der Waals surface area (Å²) in [5, 5.41) is 4.14. The van der Waals surface area contributed by atoms with E-state index in [2.05, 4.69) is 18.9 Å². The summed E-state index contributed by atoms with van der Waals surface area (Å²) in [4.78, 5) is 13.7. The van der Waals surface area contributed by atoms with Gasteiger partial charge in [0.25, 0.3) is 5.56 Å². The van der Waals surface area contributed by atoms with Gasteiger partial charge in [0, 0.05) is 26.2 Å². The first kappa shape index (κ1) is 13.7. The van der Waals surface area contributed by atoms with Crippen molar-refractivity contribution in [3.63, 3.8) is 0 Å². The molecule has 0 spiro atoms. The SMILES string of the molecule is CCC(C)C(N)Cn1ncc(N(C)C)cc1=O. The molecule has 0 aliphatic heterocycles. The van der Waals surface area contributed by atoms with Gasteiger partial charge in [-0.3, -0.25) is 4.79 Å². The predicted octanol–water partition coefficient (Wildman–Crippen LogP) is 0.683. The fourth-order valence-electron chi connectivity index (χ4n) is 1.49. The van der Waals surface area contributed by atoms with Gasteiger partial charge in [-0.1, -0.05) is 20.3 Å². The van der Waals surface area contributed by atoms with Crippen molar-refractivity contribution in [2.24, 2.45) is 11.7 Å². The Balaban J connectivity index is 2.83. The van der Waals surface area contributed by atoms with E-state index in [-0.39, 0.29) is 11.6 Å². The van der Waals surface area contributed by atoms with Gasteiger partial charge < -0.3 is 10.6 Å². The first-order valence-electron chi connectivity index (χ1n) is 5.95. The van der Waals surface area contributed by atoms with Crippen LogP contribution in [0.2, 0.25) is 0 Å². The lowest BCUT2D eigenvalue weighted by Crippen LogP contribution is -2.37. The normalized spacial score (nSPS) is 14.4. The molecule has 0 saturated carbocycles. The Morgan fingerprint density at radius 3 is 2.65 bits per heavy atom.